The van der Waals surface area contributed by atoms with Crippen molar-refractivity contribution in [2.75, 3.05) is 27.2 Å². The highest BCUT2D eigenvalue weighted by Crippen LogP contribution is 2.32. The van der Waals surface area contributed by atoms with Crippen LogP contribution in [0.2, 0.25) is 0 Å². The van der Waals surface area contributed by atoms with Crippen LogP contribution in [0.5, 0.6) is 0 Å². The van der Waals surface area contributed by atoms with E-state index in [-0.39, 0.29) is 0 Å². The van der Waals surface area contributed by atoms with Gasteiger partial charge in [-0.3, -0.25) is 4.99 Å². The van der Waals surface area contributed by atoms with Crippen LogP contribution in [0, 0.1) is 0 Å². The van der Waals surface area contributed by atoms with Crippen LogP contribution in [0.1, 0.15) is 37.7 Å². The van der Waals surface area contributed by atoms with Gasteiger partial charge in [0, 0.05) is 31.7 Å². The second-order valence-corrected chi connectivity index (χ2v) is 7.25. The summed E-state index contributed by atoms with van der Waals surface area (Å²) in [4.78, 5) is 6.97. The smallest absolute Gasteiger partial charge is 0.191 e. The van der Waals surface area contributed by atoms with Gasteiger partial charge >= 0.3 is 0 Å². The molecule has 3 rings (SSSR count). The molecule has 0 aromatic heterocycles. The van der Waals surface area contributed by atoms with Crippen LogP contribution in [0.25, 0.3) is 0 Å². The SMILES string of the molecule is CN=C(NCCOCc1ccccc1)NC1CC2CCCC(C1)N2C. The number of guanidine groups is 1. The highest BCUT2D eigenvalue weighted by atomic mass is 16.5. The van der Waals surface area contributed by atoms with Gasteiger partial charge in [0.05, 0.1) is 13.2 Å². The summed E-state index contributed by atoms with van der Waals surface area (Å²) in [5.41, 5.74) is 1.21. The van der Waals surface area contributed by atoms with Crippen molar-refractivity contribution in [2.24, 2.45) is 4.99 Å². The summed E-state index contributed by atoms with van der Waals surface area (Å²) in [6.07, 6.45) is 6.50. The van der Waals surface area contributed by atoms with Crippen molar-refractivity contribution in [3.05, 3.63) is 35.9 Å². The fourth-order valence-electron chi connectivity index (χ4n) is 4.13. The third-order valence-corrected chi connectivity index (χ3v) is 5.55. The van der Waals surface area contributed by atoms with E-state index < -0.39 is 0 Å². The normalized spacial score (nSPS) is 27.1. The van der Waals surface area contributed by atoms with E-state index in [9.17, 15) is 0 Å². The molecule has 2 heterocycles. The van der Waals surface area contributed by atoms with E-state index in [1.54, 1.807) is 0 Å². The van der Waals surface area contributed by atoms with Crippen molar-refractivity contribution in [1.82, 2.24) is 15.5 Å². The van der Waals surface area contributed by atoms with Gasteiger partial charge in [-0.2, -0.15) is 0 Å². The maximum Gasteiger partial charge on any atom is 0.191 e. The predicted molar refractivity (Wildman–Crippen MR) is 103 cm³/mol. The van der Waals surface area contributed by atoms with Gasteiger partial charge in [-0.25, -0.2) is 0 Å². The molecule has 2 aliphatic heterocycles. The van der Waals surface area contributed by atoms with E-state index in [4.69, 9.17) is 4.74 Å². The fraction of sp³-hybridized carbons (Fsp3) is 0.650. The lowest BCUT2D eigenvalue weighted by Crippen LogP contribution is -2.56. The molecule has 0 saturated carbocycles. The Morgan fingerprint density at radius 2 is 1.92 bits per heavy atom. The van der Waals surface area contributed by atoms with Gasteiger partial charge in [0.25, 0.3) is 0 Å². The molecule has 0 amide bonds. The number of aliphatic imine (C=N–C) groups is 1. The molecule has 5 heteroatoms. The average Bonchev–Trinajstić information content (AvgIpc) is 2.62. The zero-order valence-corrected chi connectivity index (χ0v) is 15.6. The first kappa shape index (κ1) is 18.2. The molecule has 2 saturated heterocycles. The van der Waals surface area contributed by atoms with Gasteiger partial charge in [-0.05, 0) is 38.3 Å². The zero-order chi connectivity index (χ0) is 17.5. The van der Waals surface area contributed by atoms with Gasteiger partial charge in [0.2, 0.25) is 0 Å². The fourth-order valence-corrected chi connectivity index (χ4v) is 4.13. The molecule has 2 N–H and O–H groups in total. The van der Waals surface area contributed by atoms with Crippen molar-refractivity contribution >= 4 is 5.96 Å². The maximum atomic E-state index is 5.73. The molecule has 0 radical (unpaired) electrons. The highest BCUT2D eigenvalue weighted by Gasteiger charge is 2.36. The summed E-state index contributed by atoms with van der Waals surface area (Å²) in [7, 11) is 4.14. The van der Waals surface area contributed by atoms with Gasteiger partial charge in [-0.1, -0.05) is 36.8 Å². The quantitative estimate of drug-likeness (QED) is 0.473. The molecule has 2 fully saturated rings. The van der Waals surface area contributed by atoms with Crippen molar-refractivity contribution in [3.63, 3.8) is 0 Å². The van der Waals surface area contributed by atoms with Crippen LogP contribution in [-0.2, 0) is 11.3 Å². The molecule has 25 heavy (non-hydrogen) atoms. The Bertz CT molecular complexity index is 534. The summed E-state index contributed by atoms with van der Waals surface area (Å²) < 4.78 is 5.73. The maximum absolute atomic E-state index is 5.73. The van der Waals surface area contributed by atoms with E-state index in [0.717, 1.165) is 24.6 Å². The van der Waals surface area contributed by atoms with E-state index in [0.29, 0.717) is 19.3 Å². The first-order chi connectivity index (χ1) is 12.3. The summed E-state index contributed by atoms with van der Waals surface area (Å²) in [5, 5.41) is 7.00. The van der Waals surface area contributed by atoms with Crippen LogP contribution in [-0.4, -0.2) is 56.2 Å². The van der Waals surface area contributed by atoms with E-state index >= 15 is 0 Å². The third kappa shape index (κ3) is 5.19. The Labute approximate surface area is 151 Å². The molecule has 138 valence electrons. The van der Waals surface area contributed by atoms with Crippen LogP contribution < -0.4 is 10.6 Å². The van der Waals surface area contributed by atoms with Crippen LogP contribution in [0.15, 0.2) is 35.3 Å². The number of hydrogen-bond donors (Lipinski definition) is 2. The van der Waals surface area contributed by atoms with Crippen LogP contribution in [0.3, 0.4) is 0 Å². The molecule has 0 spiro atoms. The number of nitrogens with one attached hydrogen (secondary N) is 2. The third-order valence-electron chi connectivity index (χ3n) is 5.55. The Kier molecular flexibility index (Phi) is 6.70. The summed E-state index contributed by atoms with van der Waals surface area (Å²) in [5.74, 6) is 0.899. The molecular formula is C20H32N4O. The standard InChI is InChI=1S/C20H32N4O/c1-21-20(22-11-12-25-15-16-7-4-3-5-8-16)23-17-13-18-9-6-10-19(14-17)24(18)2/h3-5,7-8,17-19H,6,9-15H2,1-2H3,(H2,21,22,23). The minimum atomic E-state index is 0.530. The summed E-state index contributed by atoms with van der Waals surface area (Å²) in [6, 6.07) is 12.3. The van der Waals surface area contributed by atoms with Gasteiger partial charge in [0.15, 0.2) is 5.96 Å². The highest BCUT2D eigenvalue weighted by molar-refractivity contribution is 5.79. The number of rotatable bonds is 6. The lowest BCUT2D eigenvalue weighted by atomic mass is 9.82. The second kappa shape index (κ2) is 9.20. The Hall–Kier alpha value is -1.59. The van der Waals surface area contributed by atoms with Crippen LogP contribution in [0.4, 0.5) is 0 Å². The minimum absolute atomic E-state index is 0.530. The first-order valence-corrected chi connectivity index (χ1v) is 9.57. The second-order valence-electron chi connectivity index (χ2n) is 7.25. The minimum Gasteiger partial charge on any atom is -0.375 e. The Morgan fingerprint density at radius 3 is 2.60 bits per heavy atom. The molecule has 2 aliphatic rings. The summed E-state index contributed by atoms with van der Waals surface area (Å²) >= 11 is 0. The molecular weight excluding hydrogens is 312 g/mol. The van der Waals surface area contributed by atoms with Crippen molar-refractivity contribution in [3.8, 4) is 0 Å². The first-order valence-electron chi connectivity index (χ1n) is 9.57. The average molecular weight is 345 g/mol. The van der Waals surface area contributed by atoms with Crippen LogP contribution >= 0.6 is 0 Å². The number of piperidine rings is 2. The topological polar surface area (TPSA) is 48.9 Å². The number of ether oxygens (including phenoxy) is 1. The number of benzene rings is 1. The van der Waals surface area contributed by atoms with Crippen molar-refractivity contribution in [1.29, 1.82) is 0 Å². The molecule has 1 aromatic carbocycles. The number of fused-ring (bicyclic) bond motifs is 2. The lowest BCUT2D eigenvalue weighted by Gasteiger charge is -2.47. The van der Waals surface area contributed by atoms with Gasteiger partial charge in [-0.15, -0.1) is 0 Å². The Morgan fingerprint density at radius 1 is 1.20 bits per heavy atom. The molecule has 1 aromatic rings. The molecule has 2 unspecified atom stereocenters. The van der Waals surface area contributed by atoms with E-state index in [2.05, 4.69) is 39.7 Å². The molecule has 0 aliphatic carbocycles. The monoisotopic (exact) mass is 344 g/mol. The largest absolute Gasteiger partial charge is 0.375 e. The molecule has 5 nitrogen and oxygen atoms in total. The number of nitrogens with zero attached hydrogens (tertiary/aromatic N) is 2. The van der Waals surface area contributed by atoms with E-state index in [1.165, 1.54) is 37.7 Å². The predicted octanol–water partition coefficient (Wildman–Crippen LogP) is 2.38. The number of hydrogen-bond acceptors (Lipinski definition) is 3. The summed E-state index contributed by atoms with van der Waals surface area (Å²) in [6.45, 7) is 2.10. The molecule has 2 atom stereocenters. The molecule has 2 bridgehead atoms. The Balaban J connectivity index is 1.35. The van der Waals surface area contributed by atoms with Crippen molar-refractivity contribution < 1.29 is 4.74 Å². The zero-order valence-electron chi connectivity index (χ0n) is 15.6. The van der Waals surface area contributed by atoms with Gasteiger partial charge in [0.1, 0.15) is 0 Å². The van der Waals surface area contributed by atoms with E-state index in [1.807, 2.05) is 25.2 Å². The lowest BCUT2D eigenvalue weighted by molar-refractivity contribution is 0.0526. The van der Waals surface area contributed by atoms with Crippen molar-refractivity contribution in [2.45, 2.75) is 56.8 Å². The van der Waals surface area contributed by atoms with Gasteiger partial charge < -0.3 is 20.3 Å².